The number of anilines is 1. The quantitative estimate of drug-likeness (QED) is 0.344. The summed E-state index contributed by atoms with van der Waals surface area (Å²) in [5, 5.41) is 16.9. The first-order valence-corrected chi connectivity index (χ1v) is 12.6. The van der Waals surface area contributed by atoms with Gasteiger partial charge in [-0.3, -0.25) is 19.4 Å². The van der Waals surface area contributed by atoms with Crippen LogP contribution < -0.4 is 10.6 Å². The first kappa shape index (κ1) is 27.2. The van der Waals surface area contributed by atoms with Crippen molar-refractivity contribution < 1.29 is 22.8 Å². The Labute approximate surface area is 218 Å². The molecule has 0 radical (unpaired) electrons. The number of amides is 2. The lowest BCUT2D eigenvalue weighted by Gasteiger charge is -2.30. The highest BCUT2D eigenvalue weighted by atomic mass is 19.4. The summed E-state index contributed by atoms with van der Waals surface area (Å²) >= 11 is 0. The second-order valence-electron chi connectivity index (χ2n) is 9.57. The highest BCUT2D eigenvalue weighted by Gasteiger charge is 2.32. The molecule has 2 aromatic heterocycles. The van der Waals surface area contributed by atoms with Crippen molar-refractivity contribution in [3.63, 3.8) is 0 Å². The summed E-state index contributed by atoms with van der Waals surface area (Å²) in [6.45, 7) is 3.64. The topological polar surface area (TPSA) is 105 Å². The van der Waals surface area contributed by atoms with E-state index in [2.05, 4.69) is 25.9 Å². The van der Waals surface area contributed by atoms with Crippen LogP contribution in [0.1, 0.15) is 54.0 Å². The molecular weight excluding hydrogens is 497 g/mol. The summed E-state index contributed by atoms with van der Waals surface area (Å²) in [6, 6.07) is 8.05. The molecule has 11 heteroatoms. The molecule has 3 aromatic rings. The third kappa shape index (κ3) is 6.70. The Morgan fingerprint density at radius 1 is 1.13 bits per heavy atom. The Bertz CT molecular complexity index is 1270. The Balaban J connectivity index is 1.48. The van der Waals surface area contributed by atoms with Crippen LogP contribution in [0.2, 0.25) is 0 Å². The number of carbonyl (C=O) groups excluding carboxylic acids is 2. The number of aryl methyl sites for hydroxylation is 2. The summed E-state index contributed by atoms with van der Waals surface area (Å²) in [5.41, 5.74) is 4.49. The van der Waals surface area contributed by atoms with Crippen LogP contribution in [-0.2, 0) is 11.3 Å². The van der Waals surface area contributed by atoms with Crippen molar-refractivity contribution in [1.82, 2.24) is 25.3 Å². The van der Waals surface area contributed by atoms with Gasteiger partial charge in [0, 0.05) is 29.2 Å². The van der Waals surface area contributed by atoms with E-state index in [9.17, 15) is 22.8 Å². The largest absolute Gasteiger partial charge is 0.409 e. The van der Waals surface area contributed by atoms with Crippen LogP contribution in [-0.4, -0.2) is 44.0 Å². The maximum Gasteiger partial charge on any atom is 0.409 e. The summed E-state index contributed by atoms with van der Waals surface area (Å²) in [5.74, 6) is -0.948. The Kier molecular flexibility index (Phi) is 8.33. The van der Waals surface area contributed by atoms with E-state index in [-0.39, 0.29) is 30.1 Å². The van der Waals surface area contributed by atoms with Crippen molar-refractivity contribution in [3.05, 3.63) is 65.8 Å². The van der Waals surface area contributed by atoms with Crippen LogP contribution >= 0.6 is 0 Å². The molecule has 2 amide bonds. The van der Waals surface area contributed by atoms with Crippen molar-refractivity contribution in [3.8, 4) is 11.1 Å². The lowest BCUT2D eigenvalue weighted by atomic mass is 9.83. The molecule has 8 nitrogen and oxygen atoms in total. The molecule has 4 rings (SSSR count). The van der Waals surface area contributed by atoms with E-state index in [1.165, 1.54) is 16.9 Å². The molecule has 0 spiro atoms. The molecule has 1 unspecified atom stereocenters. The van der Waals surface area contributed by atoms with Gasteiger partial charge in [0.05, 0.1) is 12.2 Å². The first-order valence-electron chi connectivity index (χ1n) is 12.6. The number of carbonyl (C=O) groups is 2. The first-order chi connectivity index (χ1) is 18.1. The van der Waals surface area contributed by atoms with Crippen molar-refractivity contribution >= 4 is 17.5 Å². The molecule has 0 bridgehead atoms. The van der Waals surface area contributed by atoms with Gasteiger partial charge >= 0.3 is 6.18 Å². The summed E-state index contributed by atoms with van der Waals surface area (Å²) < 4.78 is 38.6. The Morgan fingerprint density at radius 2 is 1.84 bits per heavy atom. The molecule has 1 fully saturated rings. The number of hydrogen-bond donors (Lipinski definition) is 3. The molecule has 2 heterocycles. The fourth-order valence-corrected chi connectivity index (χ4v) is 4.95. The van der Waals surface area contributed by atoms with Crippen LogP contribution in [0.4, 0.5) is 18.9 Å². The molecule has 1 atom stereocenters. The lowest BCUT2D eigenvalue weighted by Crippen LogP contribution is -2.49. The average Bonchev–Trinajstić information content (AvgIpc) is 3.48. The number of hydrogen-bond acceptors (Lipinski definition) is 4. The number of rotatable bonds is 8. The fraction of sp³-hybridized carbons (Fsp3) is 0.407. The van der Waals surface area contributed by atoms with Crippen molar-refractivity contribution in [2.24, 2.45) is 5.92 Å². The van der Waals surface area contributed by atoms with E-state index in [1.807, 2.05) is 26.0 Å². The monoisotopic (exact) mass is 528 g/mol. The second kappa shape index (κ2) is 11.7. The third-order valence-electron chi connectivity index (χ3n) is 6.79. The highest BCUT2D eigenvalue weighted by molar-refractivity contribution is 6.00. The number of benzene rings is 1. The van der Waals surface area contributed by atoms with E-state index in [0.29, 0.717) is 5.69 Å². The number of halogens is 3. The highest BCUT2D eigenvalue weighted by Crippen LogP contribution is 2.29. The van der Waals surface area contributed by atoms with Crippen LogP contribution in [0.3, 0.4) is 0 Å². The maximum absolute atomic E-state index is 13.4. The van der Waals surface area contributed by atoms with Gasteiger partial charge in [-0.25, -0.2) is 0 Å². The predicted molar refractivity (Wildman–Crippen MR) is 137 cm³/mol. The van der Waals surface area contributed by atoms with Crippen LogP contribution in [0.25, 0.3) is 11.1 Å². The fourth-order valence-electron chi connectivity index (χ4n) is 4.95. The van der Waals surface area contributed by atoms with E-state index < -0.39 is 18.1 Å². The Hall–Kier alpha value is -3.89. The van der Waals surface area contributed by atoms with Gasteiger partial charge in [0.1, 0.15) is 11.7 Å². The Morgan fingerprint density at radius 3 is 2.47 bits per heavy atom. The number of aromatic amines is 1. The minimum absolute atomic E-state index is 0.0512. The number of nitrogens with zero attached hydrogens (tertiary/aromatic N) is 3. The molecule has 1 aliphatic rings. The minimum Gasteiger partial charge on any atom is -0.339 e. The van der Waals surface area contributed by atoms with Crippen LogP contribution in [0.5, 0.6) is 0 Å². The van der Waals surface area contributed by atoms with Crippen LogP contribution in [0.15, 0.2) is 48.7 Å². The third-order valence-corrected chi connectivity index (χ3v) is 6.79. The van der Waals surface area contributed by atoms with Gasteiger partial charge < -0.3 is 10.6 Å². The predicted octanol–water partition coefficient (Wildman–Crippen LogP) is 5.33. The molecule has 1 aliphatic carbocycles. The molecule has 0 aliphatic heterocycles. The minimum atomic E-state index is -4.45. The summed E-state index contributed by atoms with van der Waals surface area (Å²) in [7, 11) is 0. The molecule has 1 aromatic carbocycles. The maximum atomic E-state index is 13.4. The second-order valence-corrected chi connectivity index (χ2v) is 9.57. The van der Waals surface area contributed by atoms with Crippen molar-refractivity contribution in [2.45, 2.75) is 64.7 Å². The zero-order chi connectivity index (χ0) is 27.3. The molecule has 202 valence electrons. The SMILES string of the molecule is Cc1n[nH]c(C)c1-c1ccc(NC(=O)C(NC(=O)c2ccnn2C/C=C/C(F)(F)F)C2CCCCC2)cc1. The molecule has 0 saturated heterocycles. The number of nitrogens with one attached hydrogen (secondary N) is 3. The van der Waals surface area contributed by atoms with E-state index in [4.69, 9.17) is 0 Å². The van der Waals surface area contributed by atoms with Crippen molar-refractivity contribution in [1.29, 1.82) is 0 Å². The van der Waals surface area contributed by atoms with E-state index >= 15 is 0 Å². The molecule has 3 N–H and O–H groups in total. The van der Waals surface area contributed by atoms with Gasteiger partial charge in [-0.2, -0.15) is 23.4 Å². The lowest BCUT2D eigenvalue weighted by molar-refractivity contribution is -0.119. The smallest absolute Gasteiger partial charge is 0.339 e. The number of alkyl halides is 3. The molecule has 1 saturated carbocycles. The number of allylic oxidation sites excluding steroid dienone is 2. The van der Waals surface area contributed by atoms with Gasteiger partial charge in [0.25, 0.3) is 5.91 Å². The summed E-state index contributed by atoms with van der Waals surface area (Å²) in [4.78, 5) is 26.5. The van der Waals surface area contributed by atoms with E-state index in [1.54, 1.807) is 12.1 Å². The zero-order valence-electron chi connectivity index (χ0n) is 21.3. The number of H-pyrrole nitrogens is 1. The normalized spacial score (nSPS) is 15.5. The van der Waals surface area contributed by atoms with Gasteiger partial charge in [-0.05, 0) is 56.4 Å². The van der Waals surface area contributed by atoms with Crippen LogP contribution in [0, 0.1) is 19.8 Å². The van der Waals surface area contributed by atoms with Gasteiger partial charge in [-0.15, -0.1) is 0 Å². The average molecular weight is 529 g/mol. The number of aromatic nitrogens is 4. The molecular formula is C27H31F3N6O2. The standard InChI is InChI=1S/C27H31F3N6O2/c1-17-23(18(2)35-34-17)19-9-11-21(12-10-19)32-26(38)24(20-7-4-3-5-8-20)33-25(37)22-13-15-31-36(22)16-6-14-27(28,29)30/h6,9-15,20,24H,3-5,7-8,16H2,1-2H3,(H,32,38)(H,33,37)(H,34,35)/b14-6+. The van der Waals surface area contributed by atoms with Gasteiger partial charge in [0.2, 0.25) is 5.91 Å². The van der Waals surface area contributed by atoms with E-state index in [0.717, 1.165) is 60.7 Å². The summed E-state index contributed by atoms with van der Waals surface area (Å²) in [6.07, 6.45) is 2.48. The van der Waals surface area contributed by atoms with Crippen molar-refractivity contribution in [2.75, 3.05) is 5.32 Å². The zero-order valence-corrected chi connectivity index (χ0v) is 21.3. The molecule has 38 heavy (non-hydrogen) atoms. The van der Waals surface area contributed by atoms with Gasteiger partial charge in [0.15, 0.2) is 0 Å². The van der Waals surface area contributed by atoms with Gasteiger partial charge in [-0.1, -0.05) is 37.5 Å².